The van der Waals surface area contributed by atoms with E-state index in [0.29, 0.717) is 31.9 Å². The van der Waals surface area contributed by atoms with Crippen molar-refractivity contribution in [2.24, 2.45) is 11.8 Å². The monoisotopic (exact) mass is 614 g/mol. The molecule has 8 nitrogen and oxygen atoms in total. The maximum Gasteiger partial charge on any atom is 0.264 e. The molecule has 2 bridgehead atoms. The Kier molecular flexibility index (Phi) is 8.30. The van der Waals surface area contributed by atoms with E-state index in [0.717, 1.165) is 42.8 Å². The maximum absolute atomic E-state index is 13.4. The van der Waals surface area contributed by atoms with Crippen LogP contribution in [0.1, 0.15) is 60.0 Å². The molecule has 0 saturated heterocycles. The van der Waals surface area contributed by atoms with Gasteiger partial charge in [-0.1, -0.05) is 29.8 Å². The second-order valence-corrected chi connectivity index (χ2v) is 14.7. The smallest absolute Gasteiger partial charge is 0.264 e. The number of hydrogen-bond acceptors (Lipinski definition) is 7. The zero-order valence-corrected chi connectivity index (χ0v) is 25.5. The van der Waals surface area contributed by atoms with Crippen LogP contribution in [0, 0.1) is 11.8 Å². The molecule has 1 spiro atoms. The van der Waals surface area contributed by atoms with Crippen molar-refractivity contribution in [1.82, 2.24) is 4.72 Å². The van der Waals surface area contributed by atoms with Crippen LogP contribution in [0.25, 0.3) is 0 Å². The summed E-state index contributed by atoms with van der Waals surface area (Å²) in [4.78, 5) is 15.7. The van der Waals surface area contributed by atoms with E-state index in [9.17, 15) is 18.3 Å². The Balaban J connectivity index is 1.41. The van der Waals surface area contributed by atoms with Gasteiger partial charge in [0.15, 0.2) is 0 Å². The van der Waals surface area contributed by atoms with Crippen molar-refractivity contribution in [2.75, 3.05) is 38.3 Å². The summed E-state index contributed by atoms with van der Waals surface area (Å²) in [5, 5.41) is 10.9. The molecule has 42 heavy (non-hydrogen) atoms. The topological polar surface area (TPSA) is 105 Å². The fraction of sp³-hybridized carbons (Fsp3) is 0.531. The molecule has 0 radical (unpaired) electrons. The molecule has 2 aromatic carbocycles. The number of carbonyl (C=O) groups is 1. The molecule has 2 heterocycles. The predicted octanol–water partition coefficient (Wildman–Crippen LogP) is 4.62. The number of methoxy groups -OCH3 is 1. The third-order valence-corrected chi connectivity index (χ3v) is 11.6. The zero-order chi connectivity index (χ0) is 29.5. The number of ether oxygens (including phenoxy) is 2. The molecule has 2 aliphatic carbocycles. The summed E-state index contributed by atoms with van der Waals surface area (Å²) >= 11 is 6.38. The highest BCUT2D eigenvalue weighted by molar-refractivity contribution is 7.90. The van der Waals surface area contributed by atoms with Crippen molar-refractivity contribution in [3.63, 3.8) is 0 Å². The molecule has 5 atom stereocenters. The van der Waals surface area contributed by atoms with Gasteiger partial charge >= 0.3 is 0 Å². The first-order chi connectivity index (χ1) is 20.2. The molecule has 0 unspecified atom stereocenters. The van der Waals surface area contributed by atoms with E-state index in [-0.39, 0.29) is 35.8 Å². The number of nitrogens with one attached hydrogen (secondary N) is 1. The van der Waals surface area contributed by atoms with E-state index >= 15 is 0 Å². The van der Waals surface area contributed by atoms with Gasteiger partial charge in [-0.2, -0.15) is 0 Å². The fourth-order valence-electron chi connectivity index (χ4n) is 7.26. The number of aliphatic hydroxyl groups excluding tert-OH is 1. The molecule has 1 amide bonds. The number of hydrogen-bond donors (Lipinski definition) is 2. The SMILES string of the molecule is COC[C@@H]1CC/C=C/[C@H](O)[C@@H]2CC[C@H]2CN2C[C@@]3(CCCc4cc(Cl)ccc43)COc3ccc(cc32)C(=O)NS1(=O)=O. The predicted molar refractivity (Wildman–Crippen MR) is 163 cm³/mol. The van der Waals surface area contributed by atoms with Crippen molar-refractivity contribution in [1.29, 1.82) is 0 Å². The summed E-state index contributed by atoms with van der Waals surface area (Å²) in [6, 6.07) is 11.3. The largest absolute Gasteiger partial charge is 0.490 e. The number of halogens is 1. The van der Waals surface area contributed by atoms with Crippen LogP contribution < -0.4 is 14.4 Å². The molecule has 0 aromatic heterocycles. The molecule has 4 aliphatic rings. The van der Waals surface area contributed by atoms with Crippen molar-refractivity contribution in [3.8, 4) is 5.75 Å². The number of aliphatic hydroxyl groups is 1. The molecule has 6 rings (SSSR count). The average molecular weight is 615 g/mol. The summed E-state index contributed by atoms with van der Waals surface area (Å²) in [6.07, 6.45) is 8.66. The summed E-state index contributed by atoms with van der Waals surface area (Å²) < 4.78 is 40.4. The van der Waals surface area contributed by atoms with Crippen LogP contribution in [0.4, 0.5) is 5.69 Å². The second kappa shape index (κ2) is 11.8. The van der Waals surface area contributed by atoms with E-state index in [1.807, 2.05) is 12.1 Å². The molecule has 1 saturated carbocycles. The molecular weight excluding hydrogens is 576 g/mol. The highest BCUT2D eigenvalue weighted by Crippen LogP contribution is 2.46. The van der Waals surface area contributed by atoms with Crippen LogP contribution in [-0.2, 0) is 26.6 Å². The summed E-state index contributed by atoms with van der Waals surface area (Å²) in [6.45, 7) is 1.84. The Labute approximate surface area is 253 Å². The van der Waals surface area contributed by atoms with Crippen LogP contribution in [-0.4, -0.2) is 64.2 Å². The molecular formula is C32H39ClN2O6S. The van der Waals surface area contributed by atoms with Gasteiger partial charge in [0.1, 0.15) is 11.0 Å². The minimum absolute atomic E-state index is 0.0374. The highest BCUT2D eigenvalue weighted by atomic mass is 35.5. The van der Waals surface area contributed by atoms with Crippen LogP contribution in [0.5, 0.6) is 5.75 Å². The van der Waals surface area contributed by atoms with E-state index in [2.05, 4.69) is 21.8 Å². The van der Waals surface area contributed by atoms with Crippen molar-refractivity contribution < 1.29 is 27.8 Å². The number of rotatable bonds is 2. The van der Waals surface area contributed by atoms with Crippen LogP contribution >= 0.6 is 11.6 Å². The maximum atomic E-state index is 13.4. The van der Waals surface area contributed by atoms with Gasteiger partial charge in [-0.05, 0) is 98.2 Å². The Morgan fingerprint density at radius 3 is 2.83 bits per heavy atom. The standard InChI is InChI=1S/C32H39ClN2O6S/c1-40-18-25-6-2-3-7-29(36)26-11-8-23(26)17-35-19-32(14-4-5-21-15-24(33)10-12-27(21)32)20-41-30-13-9-22(16-28(30)35)31(37)34-42(25,38)39/h3,7,9-10,12-13,15-16,23,25-26,29,36H,2,4-6,8,11,14,17-20H2,1H3,(H,34,37)/b7-3+/t23-,25-,26+,29-,32-/m0/s1. The third kappa shape index (κ3) is 5.68. The lowest BCUT2D eigenvalue weighted by Gasteiger charge is -2.45. The summed E-state index contributed by atoms with van der Waals surface area (Å²) in [5.41, 5.74) is 3.25. The number of aryl methyl sites for hydroxylation is 1. The number of allylic oxidation sites excluding steroid dienone is 1. The van der Waals surface area contributed by atoms with Gasteiger partial charge in [0.2, 0.25) is 10.0 Å². The first-order valence-corrected chi connectivity index (χ1v) is 16.8. The minimum Gasteiger partial charge on any atom is -0.490 e. The number of nitrogens with zero attached hydrogens (tertiary/aromatic N) is 1. The van der Waals surface area contributed by atoms with Crippen LogP contribution in [0.15, 0.2) is 48.6 Å². The first-order valence-electron chi connectivity index (χ1n) is 14.9. The van der Waals surface area contributed by atoms with Crippen LogP contribution in [0.2, 0.25) is 5.02 Å². The molecule has 2 N–H and O–H groups in total. The highest BCUT2D eigenvalue weighted by Gasteiger charge is 2.44. The molecule has 2 aliphatic heterocycles. The van der Waals surface area contributed by atoms with E-state index in [1.54, 1.807) is 24.3 Å². The molecule has 10 heteroatoms. The fourth-order valence-corrected chi connectivity index (χ4v) is 8.75. The summed E-state index contributed by atoms with van der Waals surface area (Å²) in [5.74, 6) is 0.380. The van der Waals surface area contributed by atoms with E-state index in [4.69, 9.17) is 21.1 Å². The molecule has 2 aromatic rings. The third-order valence-electron chi connectivity index (χ3n) is 9.68. The quantitative estimate of drug-likeness (QED) is 0.476. The van der Waals surface area contributed by atoms with Gasteiger partial charge in [-0.25, -0.2) is 13.1 Å². The number of carbonyl (C=O) groups excluding carboxylic acids is 1. The molecule has 226 valence electrons. The van der Waals surface area contributed by atoms with Gasteiger partial charge in [0, 0.05) is 36.2 Å². The molecule has 1 fully saturated rings. The average Bonchev–Trinajstić information content (AvgIpc) is 3.09. The zero-order valence-electron chi connectivity index (χ0n) is 23.9. The van der Waals surface area contributed by atoms with E-state index in [1.165, 1.54) is 18.2 Å². The summed E-state index contributed by atoms with van der Waals surface area (Å²) in [7, 11) is -2.57. The normalized spacial score (nSPS) is 31.5. The van der Waals surface area contributed by atoms with Gasteiger partial charge in [0.05, 0.1) is 25.0 Å². The number of benzene rings is 2. The minimum atomic E-state index is -4.01. The van der Waals surface area contributed by atoms with Crippen LogP contribution in [0.3, 0.4) is 0 Å². The van der Waals surface area contributed by atoms with Gasteiger partial charge in [-0.15, -0.1) is 0 Å². The lowest BCUT2D eigenvalue weighted by Crippen LogP contribution is -2.49. The van der Waals surface area contributed by atoms with Gasteiger partial charge in [0.25, 0.3) is 5.91 Å². The van der Waals surface area contributed by atoms with Crippen molar-refractivity contribution in [3.05, 3.63) is 70.3 Å². The Bertz CT molecular complexity index is 1480. The number of sulfonamides is 1. The second-order valence-electron chi connectivity index (χ2n) is 12.3. The van der Waals surface area contributed by atoms with E-state index < -0.39 is 27.3 Å². The van der Waals surface area contributed by atoms with Gasteiger partial charge in [-0.3, -0.25) is 4.79 Å². The Morgan fingerprint density at radius 1 is 1.19 bits per heavy atom. The lowest BCUT2D eigenvalue weighted by molar-refractivity contribution is 0.0456. The van der Waals surface area contributed by atoms with Crippen molar-refractivity contribution in [2.45, 2.75) is 61.7 Å². The number of amides is 1. The number of fused-ring (bicyclic) bond motifs is 4. The first kappa shape index (κ1) is 29.5. The Morgan fingerprint density at radius 2 is 2.05 bits per heavy atom. The lowest BCUT2D eigenvalue weighted by atomic mass is 9.68. The van der Waals surface area contributed by atoms with Crippen molar-refractivity contribution >= 4 is 33.2 Å². The van der Waals surface area contributed by atoms with Gasteiger partial charge < -0.3 is 19.5 Å². The number of anilines is 1. The Hall–Kier alpha value is -2.59.